The highest BCUT2D eigenvalue weighted by Crippen LogP contribution is 2.28. The minimum atomic E-state index is -0.489. The highest BCUT2D eigenvalue weighted by Gasteiger charge is 2.31. The average Bonchev–Trinajstić information content (AvgIpc) is 2.98. The molecule has 0 saturated heterocycles. The lowest BCUT2D eigenvalue weighted by Crippen LogP contribution is -2.50. The van der Waals surface area contributed by atoms with E-state index in [1.807, 2.05) is 27.7 Å². The van der Waals surface area contributed by atoms with E-state index in [0.717, 1.165) is 44.9 Å². The van der Waals surface area contributed by atoms with Crippen LogP contribution in [-0.4, -0.2) is 96.6 Å². The van der Waals surface area contributed by atoms with Crippen molar-refractivity contribution in [3.63, 3.8) is 0 Å². The summed E-state index contributed by atoms with van der Waals surface area (Å²) in [5.74, 6) is -0.0287. The Bertz CT molecular complexity index is 1080. The molecule has 0 radical (unpaired) electrons. The lowest BCUT2D eigenvalue weighted by molar-refractivity contribution is -0.0123. The summed E-state index contributed by atoms with van der Waals surface area (Å²) >= 11 is 0. The van der Waals surface area contributed by atoms with Crippen molar-refractivity contribution in [3.8, 4) is 5.75 Å². The van der Waals surface area contributed by atoms with Gasteiger partial charge in [-0.3, -0.25) is 4.79 Å². The number of likely N-dealkylation sites (N-methyl/N-ethyl adjacent to an activating group) is 1. The fraction of sp³-hybridized carbons (Fsp3) is 0.727. The number of hydrogen-bond donors (Lipinski definition) is 4. The summed E-state index contributed by atoms with van der Waals surface area (Å²) in [6.45, 7) is 10.5. The van der Waals surface area contributed by atoms with Crippen molar-refractivity contribution < 1.29 is 29.0 Å². The molecule has 1 heterocycles. The van der Waals surface area contributed by atoms with E-state index in [1.165, 1.54) is 6.42 Å². The maximum absolute atomic E-state index is 14.2. The minimum Gasteiger partial charge on any atom is -0.490 e. The van der Waals surface area contributed by atoms with Gasteiger partial charge in [0.05, 0.1) is 30.4 Å². The van der Waals surface area contributed by atoms with Gasteiger partial charge >= 0.3 is 12.1 Å². The molecule has 4 N–H and O–H groups in total. The predicted molar refractivity (Wildman–Crippen MR) is 172 cm³/mol. The molecule has 0 aromatic heterocycles. The number of amides is 5. The number of carbonyl (C=O) groups is 3. The largest absolute Gasteiger partial charge is 0.490 e. The number of carbonyl (C=O) groups excluding carboxylic acids is 3. The molecule has 1 saturated carbocycles. The van der Waals surface area contributed by atoms with Crippen molar-refractivity contribution in [3.05, 3.63) is 23.8 Å². The van der Waals surface area contributed by atoms with Gasteiger partial charge in [0.25, 0.3) is 5.91 Å². The van der Waals surface area contributed by atoms with E-state index < -0.39 is 6.04 Å². The van der Waals surface area contributed by atoms with Crippen LogP contribution in [0.5, 0.6) is 5.75 Å². The van der Waals surface area contributed by atoms with Gasteiger partial charge in [-0.2, -0.15) is 0 Å². The molecular weight excluding hydrogens is 562 g/mol. The Kier molecular flexibility index (Phi) is 14.0. The van der Waals surface area contributed by atoms with E-state index in [1.54, 1.807) is 42.0 Å². The van der Waals surface area contributed by atoms with Crippen LogP contribution in [0.15, 0.2) is 18.2 Å². The van der Waals surface area contributed by atoms with Gasteiger partial charge in [-0.1, -0.05) is 26.2 Å². The number of aliphatic hydroxyl groups is 1. The molecule has 2 aliphatic rings. The average molecular weight is 618 g/mol. The van der Waals surface area contributed by atoms with E-state index >= 15 is 0 Å². The van der Waals surface area contributed by atoms with Crippen LogP contribution < -0.4 is 20.7 Å². The first kappa shape index (κ1) is 35.4. The normalized spacial score (nSPS) is 23.1. The van der Waals surface area contributed by atoms with E-state index in [0.29, 0.717) is 36.7 Å². The molecule has 1 aromatic carbocycles. The lowest BCUT2D eigenvalue weighted by atomic mass is 9.96. The summed E-state index contributed by atoms with van der Waals surface area (Å²) in [6, 6.07) is 4.28. The summed E-state index contributed by atoms with van der Waals surface area (Å²) < 4.78 is 12.6. The first-order valence-corrected chi connectivity index (χ1v) is 16.4. The minimum absolute atomic E-state index is 0.0481. The Balaban J connectivity index is 1.86. The smallest absolute Gasteiger partial charge is 0.319 e. The van der Waals surface area contributed by atoms with Crippen LogP contribution in [0, 0.1) is 5.92 Å². The molecule has 1 aromatic rings. The second-order valence-electron chi connectivity index (χ2n) is 12.9. The van der Waals surface area contributed by atoms with Crippen LogP contribution in [0.3, 0.4) is 0 Å². The Hall–Kier alpha value is -3.05. The fourth-order valence-corrected chi connectivity index (χ4v) is 5.78. The van der Waals surface area contributed by atoms with Crippen LogP contribution in [0.2, 0.25) is 0 Å². The second-order valence-corrected chi connectivity index (χ2v) is 12.9. The first-order chi connectivity index (χ1) is 21.0. The molecule has 0 bridgehead atoms. The molecule has 0 unspecified atom stereocenters. The third-order valence-corrected chi connectivity index (χ3v) is 8.46. The summed E-state index contributed by atoms with van der Waals surface area (Å²) in [4.78, 5) is 43.0. The molecule has 44 heavy (non-hydrogen) atoms. The number of aliphatic hydroxyl groups excluding tert-OH is 1. The summed E-state index contributed by atoms with van der Waals surface area (Å²) in [5, 5.41) is 18.9. The summed E-state index contributed by atoms with van der Waals surface area (Å²) in [6.07, 6.45) is 7.54. The summed E-state index contributed by atoms with van der Waals surface area (Å²) in [5.41, 5.74) is 0.772. The molecule has 1 fully saturated rings. The van der Waals surface area contributed by atoms with E-state index in [9.17, 15) is 19.5 Å². The van der Waals surface area contributed by atoms with Crippen molar-refractivity contribution in [1.82, 2.24) is 20.4 Å². The van der Waals surface area contributed by atoms with Crippen molar-refractivity contribution >= 4 is 23.7 Å². The zero-order chi connectivity index (χ0) is 32.2. The van der Waals surface area contributed by atoms with Crippen LogP contribution in [0.4, 0.5) is 15.3 Å². The summed E-state index contributed by atoms with van der Waals surface area (Å²) in [7, 11) is 1.79. The Labute approximate surface area is 263 Å². The SMILES string of the molecule is CC(C)NC(=O)Nc1ccc2c(c1)C(=O)N([C@H](C)CO)C[C@@H](C)[C@@H](CN(C)C(=O)NC1CCCCC1)OCCCC[C@H](C)O2. The molecule has 1 aliphatic carbocycles. The second kappa shape index (κ2) is 17.4. The Morgan fingerprint density at radius 2 is 1.77 bits per heavy atom. The van der Waals surface area contributed by atoms with Crippen LogP contribution >= 0.6 is 0 Å². The third kappa shape index (κ3) is 10.8. The van der Waals surface area contributed by atoms with Gasteiger partial charge in [0.2, 0.25) is 0 Å². The van der Waals surface area contributed by atoms with E-state index in [-0.39, 0.29) is 54.8 Å². The fourth-order valence-electron chi connectivity index (χ4n) is 5.78. The van der Waals surface area contributed by atoms with Gasteiger partial charge in [0, 0.05) is 50.4 Å². The number of hydrogen-bond acceptors (Lipinski definition) is 6. The highest BCUT2D eigenvalue weighted by atomic mass is 16.5. The predicted octanol–water partition coefficient (Wildman–Crippen LogP) is 4.99. The topological polar surface area (TPSA) is 132 Å². The lowest BCUT2D eigenvalue weighted by Gasteiger charge is -2.36. The number of nitrogens with one attached hydrogen (secondary N) is 3. The maximum atomic E-state index is 14.2. The standard InChI is InChI=1S/C33H55N5O6/c1-22(2)34-32(41)35-27-15-16-29-28(18-27)31(40)38(24(4)21-39)19-23(3)30(43-17-11-10-12-25(5)44-29)20-37(6)33(42)36-26-13-8-7-9-14-26/h15-16,18,22-26,30,39H,7-14,17,19-21H2,1-6H3,(H,36,42)(H2,34,35,41)/t23-,24-,25+,30-/m1/s1. The van der Waals surface area contributed by atoms with Crippen LogP contribution in [0.25, 0.3) is 0 Å². The van der Waals surface area contributed by atoms with E-state index in [2.05, 4.69) is 16.0 Å². The Morgan fingerprint density at radius 1 is 1.07 bits per heavy atom. The molecule has 4 atom stereocenters. The van der Waals surface area contributed by atoms with Crippen molar-refractivity contribution in [1.29, 1.82) is 0 Å². The van der Waals surface area contributed by atoms with Gasteiger partial charge < -0.3 is 40.3 Å². The number of urea groups is 2. The quantitative estimate of drug-likeness (QED) is 0.341. The maximum Gasteiger partial charge on any atom is 0.319 e. The van der Waals surface area contributed by atoms with E-state index in [4.69, 9.17) is 9.47 Å². The van der Waals surface area contributed by atoms with Crippen LogP contribution in [0.1, 0.15) is 96.3 Å². The molecule has 11 heteroatoms. The Morgan fingerprint density at radius 3 is 2.45 bits per heavy atom. The number of benzene rings is 1. The number of nitrogens with zero attached hydrogens (tertiary/aromatic N) is 2. The van der Waals surface area contributed by atoms with Crippen molar-refractivity contribution in [2.75, 3.05) is 38.7 Å². The zero-order valence-electron chi connectivity index (χ0n) is 27.6. The number of ether oxygens (including phenoxy) is 2. The molecule has 1 aliphatic heterocycles. The number of fused-ring (bicyclic) bond motifs is 1. The first-order valence-electron chi connectivity index (χ1n) is 16.4. The molecule has 248 valence electrons. The highest BCUT2D eigenvalue weighted by molar-refractivity contribution is 5.99. The van der Waals surface area contributed by atoms with Gasteiger partial charge in [0.15, 0.2) is 0 Å². The van der Waals surface area contributed by atoms with Gasteiger partial charge in [-0.25, -0.2) is 9.59 Å². The van der Waals surface area contributed by atoms with Crippen molar-refractivity contribution in [2.24, 2.45) is 5.92 Å². The van der Waals surface area contributed by atoms with Crippen molar-refractivity contribution in [2.45, 2.75) is 116 Å². The number of rotatable bonds is 7. The molecular formula is C33H55N5O6. The van der Waals surface area contributed by atoms with Gasteiger partial charge in [0.1, 0.15) is 5.75 Å². The zero-order valence-corrected chi connectivity index (χ0v) is 27.6. The third-order valence-electron chi connectivity index (χ3n) is 8.46. The number of anilines is 1. The molecule has 11 nitrogen and oxygen atoms in total. The monoisotopic (exact) mass is 617 g/mol. The van der Waals surface area contributed by atoms with Gasteiger partial charge in [-0.15, -0.1) is 0 Å². The van der Waals surface area contributed by atoms with Crippen LogP contribution in [-0.2, 0) is 4.74 Å². The van der Waals surface area contributed by atoms with Gasteiger partial charge in [-0.05, 0) is 78.0 Å². The molecule has 5 amide bonds. The molecule has 3 rings (SSSR count). The molecule has 0 spiro atoms.